The molecule has 7 heteroatoms. The summed E-state index contributed by atoms with van der Waals surface area (Å²) in [5, 5.41) is 0. The first kappa shape index (κ1) is 12.9. The number of rotatable bonds is 3. The molecule has 0 aliphatic rings. The topological polar surface area (TPSA) is 72.7 Å². The van der Waals surface area contributed by atoms with Gasteiger partial charge >= 0.3 is 5.69 Å². The molecule has 0 radical (unpaired) electrons. The van der Waals surface area contributed by atoms with E-state index in [1.807, 2.05) is 13.8 Å². The summed E-state index contributed by atoms with van der Waals surface area (Å²) in [4.78, 5) is 31.1. The van der Waals surface area contributed by atoms with Crippen molar-refractivity contribution in [3.63, 3.8) is 0 Å². The van der Waals surface area contributed by atoms with E-state index in [4.69, 9.17) is 11.6 Å². The smallest absolute Gasteiger partial charge is 0.332 e. The summed E-state index contributed by atoms with van der Waals surface area (Å²) in [5.41, 5.74) is -0.0199. The number of imidazole rings is 1. The highest BCUT2D eigenvalue weighted by Gasteiger charge is 2.15. The Bertz CT molecular complexity index is 695. The number of hydrogen-bond acceptors (Lipinski definition) is 3. The minimum atomic E-state index is -0.376. The van der Waals surface area contributed by atoms with Crippen LogP contribution in [0.5, 0.6) is 0 Å². The molecular formula is C11H15ClN4O2. The van der Waals surface area contributed by atoms with Gasteiger partial charge in [-0.2, -0.15) is 0 Å². The van der Waals surface area contributed by atoms with Crippen LogP contribution in [0, 0.1) is 5.92 Å². The highest BCUT2D eigenvalue weighted by molar-refractivity contribution is 6.16. The van der Waals surface area contributed by atoms with E-state index < -0.39 is 0 Å². The standard InChI is InChI=1S/C11H15ClN4O2/c1-6(2)5-16-9-8(13-7(4-12)14-9)10(17)15(3)11(16)18/h6H,4-5H2,1-3H3,(H,13,14). The fourth-order valence-corrected chi connectivity index (χ4v) is 2.00. The zero-order valence-electron chi connectivity index (χ0n) is 10.5. The van der Waals surface area contributed by atoms with Crippen LogP contribution < -0.4 is 11.2 Å². The maximum absolute atomic E-state index is 12.1. The molecule has 18 heavy (non-hydrogen) atoms. The van der Waals surface area contributed by atoms with Crippen molar-refractivity contribution in [1.29, 1.82) is 0 Å². The summed E-state index contributed by atoms with van der Waals surface area (Å²) >= 11 is 5.70. The van der Waals surface area contributed by atoms with Gasteiger partial charge in [0.05, 0.1) is 5.88 Å². The van der Waals surface area contributed by atoms with Crippen molar-refractivity contribution in [3.05, 3.63) is 26.7 Å². The highest BCUT2D eigenvalue weighted by atomic mass is 35.5. The minimum absolute atomic E-state index is 0.174. The van der Waals surface area contributed by atoms with Gasteiger partial charge in [0.15, 0.2) is 5.65 Å². The van der Waals surface area contributed by atoms with Crippen LogP contribution in [0.2, 0.25) is 0 Å². The van der Waals surface area contributed by atoms with Gasteiger partial charge in [0.25, 0.3) is 5.56 Å². The second-order valence-corrected chi connectivity index (χ2v) is 4.93. The molecule has 0 fully saturated rings. The van der Waals surface area contributed by atoms with E-state index >= 15 is 0 Å². The van der Waals surface area contributed by atoms with E-state index in [-0.39, 0.29) is 23.0 Å². The van der Waals surface area contributed by atoms with Gasteiger partial charge in [-0.1, -0.05) is 13.8 Å². The molecule has 0 amide bonds. The number of nitrogens with zero attached hydrogens (tertiary/aromatic N) is 3. The van der Waals surface area contributed by atoms with Gasteiger partial charge in [0.2, 0.25) is 0 Å². The Labute approximate surface area is 108 Å². The van der Waals surface area contributed by atoms with Crippen molar-refractivity contribution in [2.24, 2.45) is 13.0 Å². The van der Waals surface area contributed by atoms with Crippen molar-refractivity contribution in [1.82, 2.24) is 19.1 Å². The maximum atomic E-state index is 12.1. The zero-order valence-corrected chi connectivity index (χ0v) is 11.3. The average molecular weight is 271 g/mol. The number of aromatic amines is 1. The molecule has 0 bridgehead atoms. The first-order valence-corrected chi connectivity index (χ1v) is 6.23. The highest BCUT2D eigenvalue weighted by Crippen LogP contribution is 2.09. The van der Waals surface area contributed by atoms with Gasteiger partial charge in [-0.3, -0.25) is 13.9 Å². The lowest BCUT2D eigenvalue weighted by molar-refractivity contribution is 0.500. The molecule has 0 aliphatic carbocycles. The van der Waals surface area contributed by atoms with Crippen LogP contribution in [0.1, 0.15) is 19.7 Å². The van der Waals surface area contributed by atoms with Gasteiger partial charge in [-0.25, -0.2) is 9.78 Å². The SMILES string of the molecule is CC(C)Cn1c(=O)n(C)c(=O)c2[nH]c(CCl)nc21. The van der Waals surface area contributed by atoms with Crippen molar-refractivity contribution >= 4 is 22.8 Å². The van der Waals surface area contributed by atoms with Crippen LogP contribution in [-0.2, 0) is 19.5 Å². The monoisotopic (exact) mass is 270 g/mol. The first-order valence-electron chi connectivity index (χ1n) is 5.70. The maximum Gasteiger partial charge on any atom is 0.332 e. The van der Waals surface area contributed by atoms with Gasteiger partial charge < -0.3 is 4.98 Å². The molecule has 2 rings (SSSR count). The van der Waals surface area contributed by atoms with Crippen molar-refractivity contribution < 1.29 is 0 Å². The Morgan fingerprint density at radius 3 is 2.61 bits per heavy atom. The molecule has 0 aromatic carbocycles. The van der Waals surface area contributed by atoms with Crippen LogP contribution in [0.15, 0.2) is 9.59 Å². The Balaban J connectivity index is 2.86. The molecule has 0 saturated heterocycles. The average Bonchev–Trinajstić information content (AvgIpc) is 2.75. The summed E-state index contributed by atoms with van der Waals surface area (Å²) in [6.07, 6.45) is 0. The lowest BCUT2D eigenvalue weighted by Gasteiger charge is -2.10. The van der Waals surface area contributed by atoms with E-state index in [1.165, 1.54) is 11.6 Å². The summed E-state index contributed by atoms with van der Waals surface area (Å²) in [5.74, 6) is 0.944. The van der Waals surface area contributed by atoms with E-state index in [0.29, 0.717) is 23.5 Å². The molecule has 98 valence electrons. The van der Waals surface area contributed by atoms with Gasteiger partial charge in [0.1, 0.15) is 11.3 Å². The van der Waals surface area contributed by atoms with Gasteiger partial charge in [-0.15, -0.1) is 11.6 Å². The van der Waals surface area contributed by atoms with Crippen molar-refractivity contribution in [2.75, 3.05) is 0 Å². The Morgan fingerprint density at radius 2 is 2.06 bits per heavy atom. The molecule has 1 N–H and O–H groups in total. The lowest BCUT2D eigenvalue weighted by Crippen LogP contribution is -2.38. The van der Waals surface area contributed by atoms with Crippen LogP contribution in [0.3, 0.4) is 0 Å². The molecule has 0 aliphatic heterocycles. The third-order valence-electron chi connectivity index (χ3n) is 2.70. The minimum Gasteiger partial charge on any atom is -0.335 e. The molecule has 2 aromatic rings. The van der Waals surface area contributed by atoms with Gasteiger partial charge in [0, 0.05) is 13.6 Å². The normalized spacial score (nSPS) is 11.6. The second-order valence-electron chi connectivity index (χ2n) is 4.67. The number of fused-ring (bicyclic) bond motifs is 1. The number of nitrogens with one attached hydrogen (secondary N) is 1. The molecule has 6 nitrogen and oxygen atoms in total. The molecule has 2 heterocycles. The lowest BCUT2D eigenvalue weighted by atomic mass is 10.2. The van der Waals surface area contributed by atoms with Gasteiger partial charge in [-0.05, 0) is 5.92 Å². The predicted octanol–water partition coefficient (Wildman–Crippen LogP) is 0.818. The van der Waals surface area contributed by atoms with Crippen molar-refractivity contribution in [3.8, 4) is 0 Å². The summed E-state index contributed by atoms with van der Waals surface area (Å²) in [6, 6.07) is 0. The van der Waals surface area contributed by atoms with E-state index in [1.54, 1.807) is 0 Å². The molecule has 0 unspecified atom stereocenters. The molecule has 0 atom stereocenters. The van der Waals surface area contributed by atoms with E-state index in [9.17, 15) is 9.59 Å². The molecular weight excluding hydrogens is 256 g/mol. The first-order chi connectivity index (χ1) is 8.45. The number of hydrogen-bond donors (Lipinski definition) is 1. The number of halogens is 1. The largest absolute Gasteiger partial charge is 0.335 e. The molecule has 0 spiro atoms. The number of H-pyrrole nitrogens is 1. The predicted molar refractivity (Wildman–Crippen MR) is 70.0 cm³/mol. The van der Waals surface area contributed by atoms with Crippen LogP contribution >= 0.6 is 11.6 Å². The van der Waals surface area contributed by atoms with Crippen LogP contribution in [0.4, 0.5) is 0 Å². The fraction of sp³-hybridized carbons (Fsp3) is 0.545. The quantitative estimate of drug-likeness (QED) is 0.839. The van der Waals surface area contributed by atoms with Crippen molar-refractivity contribution in [2.45, 2.75) is 26.3 Å². The van der Waals surface area contributed by atoms with E-state index in [0.717, 1.165) is 4.57 Å². The fourth-order valence-electron chi connectivity index (χ4n) is 1.88. The van der Waals surface area contributed by atoms with Crippen LogP contribution in [-0.4, -0.2) is 19.1 Å². The third kappa shape index (κ3) is 1.96. The molecule has 0 saturated carbocycles. The Morgan fingerprint density at radius 1 is 1.39 bits per heavy atom. The summed E-state index contributed by atoms with van der Waals surface area (Å²) in [6.45, 7) is 4.51. The second kappa shape index (κ2) is 4.61. The zero-order chi connectivity index (χ0) is 13.4. The Kier molecular flexibility index (Phi) is 3.30. The Hall–Kier alpha value is -1.56. The summed E-state index contributed by atoms with van der Waals surface area (Å²) < 4.78 is 2.59. The third-order valence-corrected chi connectivity index (χ3v) is 2.95. The number of aromatic nitrogens is 4. The van der Waals surface area contributed by atoms with Crippen LogP contribution in [0.25, 0.3) is 11.2 Å². The molecule has 2 aromatic heterocycles. The van der Waals surface area contributed by atoms with E-state index in [2.05, 4.69) is 9.97 Å². The number of alkyl halides is 1. The summed E-state index contributed by atoms with van der Waals surface area (Å²) in [7, 11) is 1.46.